The number of allylic oxidation sites excluding steroid dienone is 2. The molecule has 0 radical (unpaired) electrons. The number of halogens is 3. The molecule has 0 saturated heterocycles. The molecule has 0 spiro atoms. The summed E-state index contributed by atoms with van der Waals surface area (Å²) in [5.41, 5.74) is 1.19. The lowest BCUT2D eigenvalue weighted by Gasteiger charge is -2.15. The second-order valence-corrected chi connectivity index (χ2v) is 6.86. The Morgan fingerprint density at radius 1 is 1.07 bits per heavy atom. The zero-order valence-corrected chi connectivity index (χ0v) is 16.8. The maximum Gasteiger partial charge on any atom is 0.417 e. The molecule has 0 saturated carbocycles. The van der Waals surface area contributed by atoms with Crippen molar-refractivity contribution < 1.29 is 13.2 Å². The van der Waals surface area contributed by atoms with E-state index in [1.165, 1.54) is 12.1 Å². The van der Waals surface area contributed by atoms with Crippen molar-refractivity contribution in [2.24, 2.45) is 0 Å². The molecule has 0 aliphatic carbocycles. The van der Waals surface area contributed by atoms with Crippen LogP contribution >= 0.6 is 0 Å². The van der Waals surface area contributed by atoms with Gasteiger partial charge in [0.1, 0.15) is 5.82 Å². The first kappa shape index (κ1) is 21.4. The number of hydrogen-bond donors (Lipinski definition) is 2. The van der Waals surface area contributed by atoms with Crippen LogP contribution in [0.1, 0.15) is 25.8 Å². The summed E-state index contributed by atoms with van der Waals surface area (Å²) in [4.78, 5) is 8.80. The van der Waals surface area contributed by atoms with Crippen LogP contribution in [0.3, 0.4) is 0 Å². The number of alkyl halides is 3. The van der Waals surface area contributed by atoms with Gasteiger partial charge in [-0.2, -0.15) is 13.2 Å². The third-order valence-electron chi connectivity index (χ3n) is 4.40. The van der Waals surface area contributed by atoms with Crippen molar-refractivity contribution >= 4 is 16.7 Å². The highest BCUT2D eigenvalue weighted by Crippen LogP contribution is 2.37. The van der Waals surface area contributed by atoms with Gasteiger partial charge in [0.15, 0.2) is 5.82 Å². The second kappa shape index (κ2) is 8.98. The number of aromatic nitrogens is 2. The molecule has 2 aromatic carbocycles. The van der Waals surface area contributed by atoms with Crippen molar-refractivity contribution in [3.63, 3.8) is 0 Å². The fourth-order valence-corrected chi connectivity index (χ4v) is 3.04. The molecule has 7 heteroatoms. The molecule has 3 rings (SSSR count). The molecule has 0 unspecified atom stereocenters. The fraction of sp³-hybridized carbons (Fsp3) is 0.217. The molecule has 0 atom stereocenters. The first-order valence-corrected chi connectivity index (χ1v) is 9.61. The van der Waals surface area contributed by atoms with E-state index >= 15 is 0 Å². The van der Waals surface area contributed by atoms with Crippen molar-refractivity contribution in [3.05, 3.63) is 78.1 Å². The zero-order chi connectivity index (χ0) is 21.7. The van der Waals surface area contributed by atoms with Crippen LogP contribution in [0.2, 0.25) is 0 Å². The Bertz CT molecular complexity index is 1090. The lowest BCUT2D eigenvalue weighted by atomic mass is 10.1. The summed E-state index contributed by atoms with van der Waals surface area (Å²) in [6.45, 7) is 8.83. The minimum atomic E-state index is -4.51. The van der Waals surface area contributed by atoms with Gasteiger partial charge in [0.05, 0.1) is 11.1 Å². The summed E-state index contributed by atoms with van der Waals surface area (Å²) in [5.74, 6) is 0.402. The summed E-state index contributed by atoms with van der Waals surface area (Å²) in [6.07, 6.45) is -1.69. The van der Waals surface area contributed by atoms with Crippen LogP contribution in [0.25, 0.3) is 22.3 Å². The number of benzene rings is 2. The Hall–Kier alpha value is -3.35. The maximum absolute atomic E-state index is 13.5. The predicted octanol–water partition coefficient (Wildman–Crippen LogP) is 6.14. The van der Waals surface area contributed by atoms with Gasteiger partial charge in [-0.15, -0.1) is 0 Å². The average molecular weight is 412 g/mol. The molecule has 3 aromatic rings. The van der Waals surface area contributed by atoms with Gasteiger partial charge < -0.3 is 10.6 Å². The van der Waals surface area contributed by atoms with Crippen LogP contribution in [0.5, 0.6) is 0 Å². The van der Waals surface area contributed by atoms with Gasteiger partial charge in [0.2, 0.25) is 0 Å². The monoisotopic (exact) mass is 412 g/mol. The number of nitrogens with one attached hydrogen (secondary N) is 2. The number of hydrogen-bond acceptors (Lipinski definition) is 4. The van der Waals surface area contributed by atoms with Crippen LogP contribution in [-0.2, 0) is 6.18 Å². The Morgan fingerprint density at radius 3 is 2.50 bits per heavy atom. The Balaban J connectivity index is 2.06. The summed E-state index contributed by atoms with van der Waals surface area (Å²) < 4.78 is 40.5. The number of para-hydroxylation sites is 1. The smallest absolute Gasteiger partial charge is 0.389 e. The SMILES string of the molecule is C=C(/C=C(/C)NCCC)Nc1nc(-c2ccccc2C(F)(F)F)nc2ccccc12. The van der Waals surface area contributed by atoms with E-state index in [9.17, 15) is 13.2 Å². The van der Waals surface area contributed by atoms with E-state index < -0.39 is 11.7 Å². The minimum Gasteiger partial charge on any atom is -0.389 e. The molecule has 1 aromatic heterocycles. The maximum atomic E-state index is 13.5. The first-order chi connectivity index (χ1) is 14.3. The molecular formula is C23H23F3N4. The van der Waals surface area contributed by atoms with Gasteiger partial charge in [-0.3, -0.25) is 0 Å². The van der Waals surface area contributed by atoms with Crippen LogP contribution in [-0.4, -0.2) is 16.5 Å². The third-order valence-corrected chi connectivity index (χ3v) is 4.40. The van der Waals surface area contributed by atoms with Crippen LogP contribution < -0.4 is 10.6 Å². The van der Waals surface area contributed by atoms with Crippen LogP contribution in [0.4, 0.5) is 19.0 Å². The quantitative estimate of drug-likeness (QED) is 0.457. The standard InChI is InChI=1S/C23H23F3N4/c1-4-13-27-15(2)14-16(3)28-22-18-10-6-8-12-20(18)29-21(30-22)17-9-5-7-11-19(17)23(24,25)26/h5-12,14,27H,3-4,13H2,1-2H3,(H,28,29,30)/b15-14-. The molecule has 1 heterocycles. The molecule has 0 aliphatic rings. The van der Waals surface area contributed by atoms with E-state index in [2.05, 4.69) is 34.1 Å². The van der Waals surface area contributed by atoms with E-state index in [0.29, 0.717) is 22.4 Å². The van der Waals surface area contributed by atoms with Crippen molar-refractivity contribution in [3.8, 4) is 11.4 Å². The third kappa shape index (κ3) is 4.97. The van der Waals surface area contributed by atoms with Crippen molar-refractivity contribution in [2.45, 2.75) is 26.4 Å². The summed E-state index contributed by atoms with van der Waals surface area (Å²) >= 11 is 0. The number of nitrogens with zero attached hydrogens (tertiary/aromatic N) is 2. The number of rotatable bonds is 7. The zero-order valence-electron chi connectivity index (χ0n) is 16.8. The lowest BCUT2D eigenvalue weighted by Crippen LogP contribution is -2.12. The van der Waals surface area contributed by atoms with Crippen LogP contribution in [0.15, 0.2) is 72.6 Å². The van der Waals surface area contributed by atoms with Crippen LogP contribution in [0, 0.1) is 0 Å². The van der Waals surface area contributed by atoms with Crippen molar-refractivity contribution in [1.29, 1.82) is 0 Å². The van der Waals surface area contributed by atoms with Gasteiger partial charge in [0.25, 0.3) is 0 Å². The summed E-state index contributed by atoms with van der Waals surface area (Å²) in [6, 6.07) is 12.5. The van der Waals surface area contributed by atoms with Gasteiger partial charge in [0, 0.05) is 28.9 Å². The fourth-order valence-electron chi connectivity index (χ4n) is 3.04. The Kier molecular flexibility index (Phi) is 6.40. The average Bonchev–Trinajstić information content (AvgIpc) is 2.71. The molecule has 0 aliphatic heterocycles. The van der Waals surface area contributed by atoms with Gasteiger partial charge >= 0.3 is 6.18 Å². The van der Waals surface area contributed by atoms with Gasteiger partial charge in [-0.1, -0.05) is 43.8 Å². The normalized spacial score (nSPS) is 12.1. The predicted molar refractivity (Wildman–Crippen MR) is 115 cm³/mol. The highest BCUT2D eigenvalue weighted by Gasteiger charge is 2.34. The van der Waals surface area contributed by atoms with E-state index in [1.807, 2.05) is 25.1 Å². The molecule has 4 nitrogen and oxygen atoms in total. The largest absolute Gasteiger partial charge is 0.417 e. The minimum absolute atomic E-state index is 0.00161. The topological polar surface area (TPSA) is 49.8 Å². The highest BCUT2D eigenvalue weighted by molar-refractivity contribution is 5.91. The molecule has 30 heavy (non-hydrogen) atoms. The van der Waals surface area contributed by atoms with Crippen molar-refractivity contribution in [2.75, 3.05) is 11.9 Å². The molecule has 2 N–H and O–H groups in total. The van der Waals surface area contributed by atoms with E-state index in [-0.39, 0.29) is 11.4 Å². The molecule has 0 amide bonds. The van der Waals surface area contributed by atoms with E-state index in [1.54, 1.807) is 18.2 Å². The molecule has 0 bridgehead atoms. The summed E-state index contributed by atoms with van der Waals surface area (Å²) in [5, 5.41) is 7.06. The second-order valence-electron chi connectivity index (χ2n) is 6.86. The Labute approximate surface area is 173 Å². The molecule has 0 fully saturated rings. The molecule has 156 valence electrons. The number of fused-ring (bicyclic) bond motifs is 1. The first-order valence-electron chi connectivity index (χ1n) is 9.61. The number of anilines is 1. The van der Waals surface area contributed by atoms with Crippen molar-refractivity contribution in [1.82, 2.24) is 15.3 Å². The highest BCUT2D eigenvalue weighted by atomic mass is 19.4. The van der Waals surface area contributed by atoms with Gasteiger partial charge in [-0.25, -0.2) is 9.97 Å². The Morgan fingerprint density at radius 2 is 1.77 bits per heavy atom. The molecular weight excluding hydrogens is 389 g/mol. The van der Waals surface area contributed by atoms with E-state index in [0.717, 1.165) is 24.7 Å². The summed E-state index contributed by atoms with van der Waals surface area (Å²) in [7, 11) is 0. The van der Waals surface area contributed by atoms with E-state index in [4.69, 9.17) is 0 Å². The lowest BCUT2D eigenvalue weighted by molar-refractivity contribution is -0.137. The van der Waals surface area contributed by atoms with Gasteiger partial charge in [-0.05, 0) is 37.6 Å².